The Morgan fingerprint density at radius 2 is 2.17 bits per heavy atom. The summed E-state index contributed by atoms with van der Waals surface area (Å²) < 4.78 is 26.1. The molecule has 1 aromatic heterocycles. The van der Waals surface area contributed by atoms with E-state index in [9.17, 15) is 8.42 Å². The zero-order chi connectivity index (χ0) is 12.6. The Kier molecular flexibility index (Phi) is 3.09. The van der Waals surface area contributed by atoms with Crippen molar-refractivity contribution < 1.29 is 8.42 Å². The molecule has 1 aromatic carbocycles. The van der Waals surface area contributed by atoms with Gasteiger partial charge >= 0.3 is 0 Å². The van der Waals surface area contributed by atoms with Gasteiger partial charge in [-0.05, 0) is 31.5 Å². The Balaban J connectivity index is 2.01. The molecule has 1 fully saturated rings. The molecule has 0 bridgehead atoms. The number of hydrogen-bond acceptors (Lipinski definition) is 5. The van der Waals surface area contributed by atoms with Gasteiger partial charge in [0, 0.05) is 6.54 Å². The number of thiazole rings is 1. The Hall–Kier alpha value is -0.980. The van der Waals surface area contributed by atoms with Gasteiger partial charge in [0.2, 0.25) is 14.2 Å². The van der Waals surface area contributed by atoms with E-state index in [1.54, 1.807) is 0 Å². The third-order valence-electron chi connectivity index (χ3n) is 3.21. The van der Waals surface area contributed by atoms with Crippen LogP contribution in [0.25, 0.3) is 10.2 Å². The molecule has 2 heterocycles. The van der Waals surface area contributed by atoms with Crippen molar-refractivity contribution in [2.75, 3.05) is 13.1 Å². The maximum absolute atomic E-state index is 12.5. The number of benzene rings is 1. The molecular formula is C12H14N2O2S2. The summed E-state index contributed by atoms with van der Waals surface area (Å²) in [4.78, 5) is 4.26. The largest absolute Gasteiger partial charge is 0.315 e. The Morgan fingerprint density at radius 1 is 1.33 bits per heavy atom. The van der Waals surface area contributed by atoms with Crippen LogP contribution in [0.4, 0.5) is 0 Å². The highest BCUT2D eigenvalue weighted by atomic mass is 32.2. The molecule has 0 radical (unpaired) electrons. The Labute approximate surface area is 110 Å². The molecule has 1 atom stereocenters. The first-order chi connectivity index (χ1) is 8.68. The number of nitrogens with one attached hydrogen (secondary N) is 1. The zero-order valence-corrected chi connectivity index (χ0v) is 11.4. The molecule has 2 aromatic rings. The van der Waals surface area contributed by atoms with Gasteiger partial charge in [0.15, 0.2) is 0 Å². The Morgan fingerprint density at radius 3 is 2.89 bits per heavy atom. The minimum atomic E-state index is -3.28. The summed E-state index contributed by atoms with van der Waals surface area (Å²) in [6.07, 6.45) is 1.64. The predicted molar refractivity (Wildman–Crippen MR) is 72.7 cm³/mol. The molecule has 1 aliphatic rings. The lowest BCUT2D eigenvalue weighted by Gasteiger charge is -2.21. The number of hydrogen-bond donors (Lipinski definition) is 1. The fourth-order valence-electron chi connectivity index (χ4n) is 2.20. The highest BCUT2D eigenvalue weighted by Gasteiger charge is 2.31. The van der Waals surface area contributed by atoms with Crippen LogP contribution in [0.3, 0.4) is 0 Å². The van der Waals surface area contributed by atoms with Gasteiger partial charge in [0.05, 0.1) is 15.5 Å². The van der Waals surface area contributed by atoms with E-state index in [-0.39, 0.29) is 9.59 Å². The van der Waals surface area contributed by atoms with Gasteiger partial charge in [-0.1, -0.05) is 12.1 Å². The lowest BCUT2D eigenvalue weighted by Crippen LogP contribution is -2.38. The van der Waals surface area contributed by atoms with Crippen LogP contribution in [0.1, 0.15) is 12.8 Å². The lowest BCUT2D eigenvalue weighted by atomic mass is 10.2. The van der Waals surface area contributed by atoms with Gasteiger partial charge in [-0.3, -0.25) is 0 Å². The van der Waals surface area contributed by atoms with E-state index >= 15 is 0 Å². The highest BCUT2D eigenvalue weighted by Crippen LogP contribution is 2.29. The summed E-state index contributed by atoms with van der Waals surface area (Å²) in [7, 11) is -3.28. The third kappa shape index (κ3) is 2.04. The van der Waals surface area contributed by atoms with Crippen LogP contribution in [0.2, 0.25) is 0 Å². The number of aromatic nitrogens is 1. The molecule has 0 aliphatic carbocycles. The Bertz CT molecular complexity index is 625. The zero-order valence-electron chi connectivity index (χ0n) is 9.80. The molecule has 0 amide bonds. The van der Waals surface area contributed by atoms with Crippen LogP contribution in [-0.2, 0) is 9.84 Å². The summed E-state index contributed by atoms with van der Waals surface area (Å²) in [5.41, 5.74) is 0.768. The second kappa shape index (κ2) is 4.60. The standard InChI is InChI=1S/C12H14N2O2S2/c15-18(16,9-4-3-7-13-8-9)12-14-10-5-1-2-6-11(10)17-12/h1-2,5-6,9,13H,3-4,7-8H2. The monoisotopic (exact) mass is 282 g/mol. The molecule has 4 nitrogen and oxygen atoms in total. The van der Waals surface area contributed by atoms with Crippen LogP contribution in [0, 0.1) is 0 Å². The normalized spacial score (nSPS) is 21.2. The van der Waals surface area contributed by atoms with Crippen molar-refractivity contribution in [1.82, 2.24) is 10.3 Å². The van der Waals surface area contributed by atoms with Crippen LogP contribution < -0.4 is 5.32 Å². The van der Waals surface area contributed by atoms with Gasteiger partial charge in [-0.25, -0.2) is 13.4 Å². The molecule has 6 heteroatoms. The highest BCUT2D eigenvalue weighted by molar-refractivity contribution is 7.94. The van der Waals surface area contributed by atoms with Crippen molar-refractivity contribution in [3.05, 3.63) is 24.3 Å². The van der Waals surface area contributed by atoms with E-state index in [0.717, 1.165) is 29.6 Å². The summed E-state index contributed by atoms with van der Waals surface area (Å²) in [6, 6.07) is 7.54. The third-order valence-corrected chi connectivity index (χ3v) is 6.84. The maximum Gasteiger partial charge on any atom is 0.210 e. The van der Waals surface area contributed by atoms with Crippen molar-refractivity contribution in [1.29, 1.82) is 0 Å². The molecule has 0 spiro atoms. The van der Waals surface area contributed by atoms with E-state index in [0.29, 0.717) is 6.54 Å². The smallest absolute Gasteiger partial charge is 0.210 e. The minimum absolute atomic E-state index is 0.261. The minimum Gasteiger partial charge on any atom is -0.315 e. The molecule has 3 rings (SSSR count). The van der Waals surface area contributed by atoms with E-state index < -0.39 is 9.84 Å². The van der Waals surface area contributed by atoms with Crippen molar-refractivity contribution in [3.63, 3.8) is 0 Å². The predicted octanol–water partition coefficient (Wildman–Crippen LogP) is 1.82. The van der Waals surface area contributed by atoms with Gasteiger partial charge in [-0.2, -0.15) is 0 Å². The molecule has 96 valence electrons. The van der Waals surface area contributed by atoms with Crippen LogP contribution in [-0.4, -0.2) is 31.7 Å². The molecule has 1 unspecified atom stereocenters. The summed E-state index contributed by atoms with van der Waals surface area (Å²) in [6.45, 7) is 1.45. The second-order valence-electron chi connectivity index (χ2n) is 4.46. The number of rotatable bonds is 2. The van der Waals surface area contributed by atoms with E-state index in [1.807, 2.05) is 24.3 Å². The molecule has 18 heavy (non-hydrogen) atoms. The number of piperidine rings is 1. The van der Waals surface area contributed by atoms with Crippen LogP contribution in [0.15, 0.2) is 28.6 Å². The number of para-hydroxylation sites is 1. The van der Waals surface area contributed by atoms with Gasteiger partial charge in [0.1, 0.15) is 0 Å². The number of fused-ring (bicyclic) bond motifs is 1. The molecule has 1 N–H and O–H groups in total. The first-order valence-electron chi connectivity index (χ1n) is 5.98. The fraction of sp³-hybridized carbons (Fsp3) is 0.417. The van der Waals surface area contributed by atoms with Crippen molar-refractivity contribution in [2.45, 2.75) is 22.4 Å². The first-order valence-corrected chi connectivity index (χ1v) is 8.34. The topological polar surface area (TPSA) is 59.1 Å². The van der Waals surface area contributed by atoms with Crippen molar-refractivity contribution >= 4 is 31.4 Å². The lowest BCUT2D eigenvalue weighted by molar-refractivity contribution is 0.496. The van der Waals surface area contributed by atoms with Gasteiger partial charge in [-0.15, -0.1) is 11.3 Å². The van der Waals surface area contributed by atoms with Crippen molar-refractivity contribution in [3.8, 4) is 0 Å². The van der Waals surface area contributed by atoms with Gasteiger partial charge in [0.25, 0.3) is 0 Å². The van der Waals surface area contributed by atoms with E-state index in [4.69, 9.17) is 0 Å². The molecule has 1 aliphatic heterocycles. The summed E-state index contributed by atoms with van der Waals surface area (Å²) >= 11 is 1.27. The molecular weight excluding hydrogens is 268 g/mol. The fourth-order valence-corrected chi connectivity index (χ4v) is 5.36. The van der Waals surface area contributed by atoms with Crippen LogP contribution in [0.5, 0.6) is 0 Å². The SMILES string of the molecule is O=S(=O)(c1nc2ccccc2s1)C1CCCNC1. The van der Waals surface area contributed by atoms with Gasteiger partial charge < -0.3 is 5.32 Å². The average Bonchev–Trinajstić information content (AvgIpc) is 2.84. The molecule has 1 saturated heterocycles. The van der Waals surface area contributed by atoms with Crippen LogP contribution >= 0.6 is 11.3 Å². The summed E-state index contributed by atoms with van der Waals surface area (Å²) in [5, 5.41) is 2.82. The van der Waals surface area contributed by atoms with E-state index in [1.165, 1.54) is 11.3 Å². The molecule has 0 saturated carbocycles. The number of nitrogens with zero attached hydrogens (tertiary/aromatic N) is 1. The maximum atomic E-state index is 12.5. The quantitative estimate of drug-likeness (QED) is 0.913. The van der Waals surface area contributed by atoms with E-state index in [2.05, 4.69) is 10.3 Å². The average molecular weight is 282 g/mol. The summed E-state index contributed by atoms with van der Waals surface area (Å²) in [5.74, 6) is 0. The number of sulfone groups is 1. The van der Waals surface area contributed by atoms with Crippen molar-refractivity contribution in [2.24, 2.45) is 0 Å². The first kappa shape index (κ1) is 12.1. The second-order valence-corrected chi connectivity index (χ2v) is 7.89.